The molecule has 0 N–H and O–H groups in total. The maximum atomic E-state index is 2.33. The quantitative estimate of drug-likeness (QED) is 0.320. The van der Waals surface area contributed by atoms with E-state index >= 15 is 0 Å². The lowest BCUT2D eigenvalue weighted by Gasteiger charge is -2.14. The second kappa shape index (κ2) is 8.44. The third-order valence-corrected chi connectivity index (χ3v) is 4.79. The molecule has 0 amide bonds. The maximum absolute atomic E-state index is 2.33. The topological polar surface area (TPSA) is 0 Å². The highest BCUT2D eigenvalue weighted by Crippen LogP contribution is 2.35. The summed E-state index contributed by atoms with van der Waals surface area (Å²) in [5.41, 5.74) is 7.80. The van der Waals surface area contributed by atoms with Crippen LogP contribution in [0.5, 0.6) is 0 Å². The summed E-state index contributed by atoms with van der Waals surface area (Å²) in [5, 5.41) is 5.22. The maximum Gasteiger partial charge on any atom is -0.00963 e. The van der Waals surface area contributed by atoms with E-state index in [0.717, 1.165) is 0 Å². The van der Waals surface area contributed by atoms with Crippen molar-refractivity contribution in [1.82, 2.24) is 0 Å². The van der Waals surface area contributed by atoms with E-state index in [1.807, 2.05) is 0 Å². The first-order chi connectivity index (χ1) is 13.4. The van der Waals surface area contributed by atoms with Gasteiger partial charge in [0.1, 0.15) is 0 Å². The molecule has 3 aromatic carbocycles. The van der Waals surface area contributed by atoms with Gasteiger partial charge in [0.25, 0.3) is 0 Å². The molecule has 0 aliphatic rings. The second-order valence-corrected chi connectivity index (χ2v) is 8.14. The molecule has 0 radical (unpaired) electrons. The molecule has 0 fully saturated rings. The van der Waals surface area contributed by atoms with Crippen molar-refractivity contribution < 1.29 is 0 Å². The van der Waals surface area contributed by atoms with Crippen LogP contribution in [-0.4, -0.2) is 0 Å². The van der Waals surface area contributed by atoms with E-state index in [2.05, 4.69) is 114 Å². The van der Waals surface area contributed by atoms with Crippen LogP contribution in [0.3, 0.4) is 0 Å². The average molecular weight is 367 g/mol. The lowest BCUT2D eigenvalue weighted by Crippen LogP contribution is -1.90. The van der Waals surface area contributed by atoms with Crippen LogP contribution in [0.15, 0.2) is 83.0 Å². The fourth-order valence-corrected chi connectivity index (χ4v) is 3.96. The Morgan fingerprint density at radius 2 is 0.786 bits per heavy atom. The van der Waals surface area contributed by atoms with E-state index < -0.39 is 0 Å². The van der Waals surface area contributed by atoms with Gasteiger partial charge in [0.15, 0.2) is 0 Å². The van der Waals surface area contributed by atoms with Gasteiger partial charge in [0.2, 0.25) is 0 Å². The number of rotatable bonds is 4. The van der Waals surface area contributed by atoms with Gasteiger partial charge in [-0.05, 0) is 74.2 Å². The van der Waals surface area contributed by atoms with Gasteiger partial charge in [0.05, 0.1) is 0 Å². The first kappa shape index (κ1) is 19.9. The van der Waals surface area contributed by atoms with Crippen molar-refractivity contribution >= 4 is 33.7 Å². The zero-order chi connectivity index (χ0) is 20.3. The molecule has 0 nitrogen and oxygen atoms in total. The van der Waals surface area contributed by atoms with E-state index in [0.29, 0.717) is 0 Å². The fourth-order valence-electron chi connectivity index (χ4n) is 3.96. The molecule has 3 rings (SSSR count). The lowest BCUT2D eigenvalue weighted by atomic mass is 9.90. The molecule has 0 unspecified atom stereocenters. The summed E-state index contributed by atoms with van der Waals surface area (Å²) in [6, 6.07) is 17.5. The summed E-state index contributed by atoms with van der Waals surface area (Å²) < 4.78 is 0. The Kier molecular flexibility index (Phi) is 5.99. The molecule has 0 heterocycles. The molecule has 0 saturated heterocycles. The van der Waals surface area contributed by atoms with Crippen LogP contribution in [0.1, 0.15) is 52.7 Å². The molecule has 28 heavy (non-hydrogen) atoms. The highest BCUT2D eigenvalue weighted by molar-refractivity contribution is 6.13. The lowest BCUT2D eigenvalue weighted by molar-refractivity contribution is 1.36. The molecule has 0 aliphatic heterocycles. The zero-order valence-corrected chi connectivity index (χ0v) is 17.9. The number of fused-ring (bicyclic) bond motifs is 2. The largest absolute Gasteiger partial charge is 0.0762 e. The molecule has 0 saturated carbocycles. The Hall–Kier alpha value is -2.86. The van der Waals surface area contributed by atoms with Crippen molar-refractivity contribution in [3.05, 3.63) is 94.1 Å². The van der Waals surface area contributed by atoms with Crippen LogP contribution in [0.4, 0.5) is 0 Å². The average Bonchev–Trinajstić information content (AvgIpc) is 2.63. The number of hydrogen-bond donors (Lipinski definition) is 0. The number of benzene rings is 3. The molecular weight excluding hydrogens is 336 g/mol. The predicted molar refractivity (Wildman–Crippen MR) is 128 cm³/mol. The monoisotopic (exact) mass is 366 g/mol. The Bertz CT molecular complexity index is 990. The second-order valence-electron chi connectivity index (χ2n) is 8.14. The van der Waals surface area contributed by atoms with Crippen molar-refractivity contribution in [3.63, 3.8) is 0 Å². The van der Waals surface area contributed by atoms with Crippen molar-refractivity contribution in [2.75, 3.05) is 0 Å². The Morgan fingerprint density at radius 1 is 0.500 bits per heavy atom. The molecule has 0 spiro atoms. The third-order valence-electron chi connectivity index (χ3n) is 4.79. The van der Waals surface area contributed by atoms with Gasteiger partial charge in [0, 0.05) is 0 Å². The standard InChI is InChI=1S/C28H30/c1-19(2)15-21(5)17-27-23-11-7-9-13-25(23)28(18-22(6)16-20(3)4)26-14-10-8-12-24(26)27/h7-18H,1-6H3. The molecular formula is C28H30. The third kappa shape index (κ3) is 4.34. The van der Waals surface area contributed by atoms with Gasteiger partial charge in [-0.3, -0.25) is 0 Å². The first-order valence-electron chi connectivity index (χ1n) is 9.96. The minimum Gasteiger partial charge on any atom is -0.0762 e. The highest BCUT2D eigenvalue weighted by Gasteiger charge is 2.11. The van der Waals surface area contributed by atoms with Crippen LogP contribution < -0.4 is 0 Å². The summed E-state index contributed by atoms with van der Waals surface area (Å²) in [6.45, 7) is 13.0. The summed E-state index contributed by atoms with van der Waals surface area (Å²) in [4.78, 5) is 0. The minimum atomic E-state index is 1.28. The number of allylic oxidation sites excluding steroid dienone is 6. The number of hydrogen-bond acceptors (Lipinski definition) is 0. The van der Waals surface area contributed by atoms with Crippen molar-refractivity contribution in [2.24, 2.45) is 0 Å². The van der Waals surface area contributed by atoms with E-state index in [1.165, 1.54) is 55.0 Å². The Balaban J connectivity index is 2.43. The fraction of sp³-hybridized carbons (Fsp3) is 0.214. The molecule has 0 atom stereocenters. The molecule has 0 bridgehead atoms. The van der Waals surface area contributed by atoms with E-state index in [4.69, 9.17) is 0 Å². The SMILES string of the molecule is CC(C)=CC(C)=Cc1c2ccccc2c(C=C(C)C=C(C)C)c2ccccc12. The van der Waals surface area contributed by atoms with Crippen LogP contribution in [0, 0.1) is 0 Å². The van der Waals surface area contributed by atoms with Crippen molar-refractivity contribution in [1.29, 1.82) is 0 Å². The van der Waals surface area contributed by atoms with Crippen LogP contribution >= 0.6 is 0 Å². The molecule has 0 aliphatic carbocycles. The first-order valence-corrected chi connectivity index (χ1v) is 9.96. The summed E-state index contributed by atoms with van der Waals surface area (Å²) in [6.07, 6.45) is 9.15. The predicted octanol–water partition coefficient (Wildman–Crippen LogP) is 8.73. The van der Waals surface area contributed by atoms with Gasteiger partial charge in [-0.1, -0.05) is 95.1 Å². The zero-order valence-electron chi connectivity index (χ0n) is 17.9. The molecule has 0 heteroatoms. The van der Waals surface area contributed by atoms with Gasteiger partial charge in [-0.25, -0.2) is 0 Å². The van der Waals surface area contributed by atoms with Crippen LogP contribution in [0.2, 0.25) is 0 Å². The van der Waals surface area contributed by atoms with Crippen molar-refractivity contribution in [3.8, 4) is 0 Å². The molecule has 142 valence electrons. The summed E-state index contributed by atoms with van der Waals surface area (Å²) in [7, 11) is 0. The normalized spacial score (nSPS) is 12.4. The molecule has 3 aromatic rings. The van der Waals surface area contributed by atoms with Crippen molar-refractivity contribution in [2.45, 2.75) is 41.5 Å². The van der Waals surface area contributed by atoms with Gasteiger partial charge < -0.3 is 0 Å². The summed E-state index contributed by atoms with van der Waals surface area (Å²) in [5.74, 6) is 0. The Morgan fingerprint density at radius 3 is 1.04 bits per heavy atom. The van der Waals surface area contributed by atoms with Gasteiger partial charge in [-0.15, -0.1) is 0 Å². The molecule has 0 aromatic heterocycles. The van der Waals surface area contributed by atoms with E-state index in [9.17, 15) is 0 Å². The van der Waals surface area contributed by atoms with E-state index in [-0.39, 0.29) is 0 Å². The smallest absolute Gasteiger partial charge is 0.00963 e. The highest BCUT2D eigenvalue weighted by atomic mass is 14.1. The van der Waals surface area contributed by atoms with Gasteiger partial charge >= 0.3 is 0 Å². The minimum absolute atomic E-state index is 1.28. The Labute approximate surface area is 169 Å². The van der Waals surface area contributed by atoms with Crippen LogP contribution in [0.25, 0.3) is 33.7 Å². The van der Waals surface area contributed by atoms with Gasteiger partial charge in [-0.2, -0.15) is 0 Å². The van der Waals surface area contributed by atoms with Crippen LogP contribution in [-0.2, 0) is 0 Å². The van der Waals surface area contributed by atoms with E-state index in [1.54, 1.807) is 0 Å². The summed E-state index contributed by atoms with van der Waals surface area (Å²) >= 11 is 0.